The van der Waals surface area contributed by atoms with Crippen molar-refractivity contribution in [3.05, 3.63) is 25.3 Å². The first-order valence-electron chi connectivity index (χ1n) is 11.6. The highest BCUT2D eigenvalue weighted by atomic mass is 32.2. The summed E-state index contributed by atoms with van der Waals surface area (Å²) < 4.78 is -1.03. The lowest BCUT2D eigenvalue weighted by molar-refractivity contribution is -0.145. The van der Waals surface area contributed by atoms with Crippen LogP contribution in [0, 0.1) is 11.8 Å². The number of carbonyl (C=O) groups excluding carboxylic acids is 3. The maximum Gasteiger partial charge on any atom is 0.247 e. The number of amides is 3. The molecule has 0 aromatic heterocycles. The summed E-state index contributed by atoms with van der Waals surface area (Å²) in [5, 5.41) is 9.71. The van der Waals surface area contributed by atoms with Gasteiger partial charge in [0.15, 0.2) is 0 Å². The molecule has 178 valence electrons. The molecule has 3 amide bonds. The predicted molar refractivity (Wildman–Crippen MR) is 127 cm³/mol. The molecule has 5 atom stereocenters. The monoisotopic (exact) mass is 463 g/mol. The van der Waals surface area contributed by atoms with E-state index >= 15 is 0 Å². The van der Waals surface area contributed by atoms with Crippen LogP contribution in [-0.2, 0) is 14.4 Å². The smallest absolute Gasteiger partial charge is 0.247 e. The third-order valence-electron chi connectivity index (χ3n) is 7.34. The molecule has 2 bridgehead atoms. The number of fused-ring (bicyclic) bond motifs is 1. The zero-order chi connectivity index (χ0) is 23.7. The van der Waals surface area contributed by atoms with Crippen LogP contribution in [0.3, 0.4) is 0 Å². The Morgan fingerprint density at radius 2 is 1.94 bits per heavy atom. The van der Waals surface area contributed by atoms with Crippen LogP contribution in [0.1, 0.15) is 39.5 Å². The van der Waals surface area contributed by atoms with Gasteiger partial charge in [-0.15, -0.1) is 24.9 Å². The normalized spacial score (nSPS) is 32.7. The van der Waals surface area contributed by atoms with Crippen LogP contribution in [0.4, 0.5) is 0 Å². The van der Waals surface area contributed by atoms with E-state index in [4.69, 9.17) is 0 Å². The summed E-state index contributed by atoms with van der Waals surface area (Å²) in [6.45, 7) is 13.0. The van der Waals surface area contributed by atoms with Gasteiger partial charge in [-0.05, 0) is 26.2 Å². The molecule has 3 aliphatic rings. The molecule has 3 aliphatic heterocycles. The molecule has 0 aliphatic carbocycles. The summed E-state index contributed by atoms with van der Waals surface area (Å²) in [7, 11) is 1.74. The Balaban J connectivity index is 2.03. The van der Waals surface area contributed by atoms with Crippen molar-refractivity contribution in [2.24, 2.45) is 11.8 Å². The fourth-order valence-electron chi connectivity index (χ4n) is 5.92. The van der Waals surface area contributed by atoms with Gasteiger partial charge in [-0.1, -0.05) is 25.5 Å². The number of hydrogen-bond acceptors (Lipinski definition) is 5. The molecule has 8 heteroatoms. The van der Waals surface area contributed by atoms with Crippen molar-refractivity contribution in [3.8, 4) is 0 Å². The predicted octanol–water partition coefficient (Wildman–Crippen LogP) is 1.92. The number of likely N-dealkylation sites (N-methyl/N-ethyl adjacent to an activating group) is 1. The van der Waals surface area contributed by atoms with Gasteiger partial charge < -0.3 is 19.8 Å². The second kappa shape index (κ2) is 9.59. The molecule has 1 spiro atoms. The SMILES string of the molecule is C=CCN(C)C(=O)[C@H]1[C@H]2C(=O)N(CCO)C(C(=O)N(CC=C)CCCC)C23CC[C@]1(C)S3. The van der Waals surface area contributed by atoms with E-state index in [1.165, 1.54) is 0 Å². The van der Waals surface area contributed by atoms with Crippen LogP contribution in [0.15, 0.2) is 25.3 Å². The largest absolute Gasteiger partial charge is 0.395 e. The quantitative estimate of drug-likeness (QED) is 0.474. The average molecular weight is 464 g/mol. The Morgan fingerprint density at radius 3 is 2.53 bits per heavy atom. The Kier molecular flexibility index (Phi) is 7.44. The number of aliphatic hydroxyl groups is 1. The zero-order valence-electron chi connectivity index (χ0n) is 19.6. The third kappa shape index (κ3) is 3.79. The number of rotatable bonds is 11. The topological polar surface area (TPSA) is 81.2 Å². The lowest BCUT2D eigenvalue weighted by atomic mass is 9.66. The van der Waals surface area contributed by atoms with E-state index in [0.29, 0.717) is 26.1 Å². The van der Waals surface area contributed by atoms with E-state index in [-0.39, 0.29) is 35.6 Å². The maximum absolute atomic E-state index is 13.9. The standard InChI is InChI=1S/C24H37N3O4S/c1-6-9-14-26(13-8-3)22(31)19-24-11-10-23(4,32-24)17(20(29)25(5)12-7-2)18(24)21(30)27(19)15-16-28/h7-8,17-19,28H,2-3,6,9-16H2,1,4-5H3/t17-,18+,19?,23+,24?/m1/s1. The Bertz CT molecular complexity index is 789. The first-order chi connectivity index (χ1) is 15.2. The summed E-state index contributed by atoms with van der Waals surface area (Å²) in [6.07, 6.45) is 6.72. The Hall–Kier alpha value is -1.80. The molecule has 1 N–H and O–H groups in total. The fourth-order valence-corrected chi connectivity index (χ4v) is 8.26. The minimum atomic E-state index is -0.668. The van der Waals surface area contributed by atoms with E-state index in [9.17, 15) is 19.5 Å². The molecule has 3 fully saturated rings. The van der Waals surface area contributed by atoms with Gasteiger partial charge in [-0.2, -0.15) is 0 Å². The minimum absolute atomic E-state index is 0.0641. The van der Waals surface area contributed by atoms with Gasteiger partial charge in [0, 0.05) is 38.0 Å². The van der Waals surface area contributed by atoms with Gasteiger partial charge in [0.25, 0.3) is 0 Å². The second-order valence-corrected chi connectivity index (χ2v) is 11.3. The summed E-state index contributed by atoms with van der Waals surface area (Å²) in [4.78, 5) is 46.1. The van der Waals surface area contributed by atoms with Crippen molar-refractivity contribution in [3.63, 3.8) is 0 Å². The van der Waals surface area contributed by atoms with Crippen LogP contribution >= 0.6 is 11.8 Å². The van der Waals surface area contributed by atoms with Gasteiger partial charge in [0.05, 0.1) is 23.2 Å². The molecule has 0 aromatic rings. The highest BCUT2D eigenvalue weighted by molar-refractivity contribution is 8.02. The Labute approximate surface area is 195 Å². The molecule has 3 saturated heterocycles. The summed E-state index contributed by atoms with van der Waals surface area (Å²) >= 11 is 1.66. The number of carbonyl (C=O) groups is 3. The minimum Gasteiger partial charge on any atom is -0.395 e. The fraction of sp³-hybridized carbons (Fsp3) is 0.708. The van der Waals surface area contributed by atoms with Crippen molar-refractivity contribution in [1.82, 2.24) is 14.7 Å². The first-order valence-corrected chi connectivity index (χ1v) is 12.4. The van der Waals surface area contributed by atoms with Crippen LogP contribution in [0.2, 0.25) is 0 Å². The first kappa shape index (κ1) is 24.8. The van der Waals surface area contributed by atoms with Crippen molar-refractivity contribution in [2.45, 2.75) is 55.1 Å². The highest BCUT2D eigenvalue weighted by Crippen LogP contribution is 2.71. The van der Waals surface area contributed by atoms with E-state index < -0.39 is 22.6 Å². The number of nitrogens with zero attached hydrogens (tertiary/aromatic N) is 3. The number of thioether (sulfide) groups is 1. The lowest BCUT2D eigenvalue weighted by Crippen LogP contribution is -2.55. The van der Waals surface area contributed by atoms with Crippen LogP contribution < -0.4 is 0 Å². The van der Waals surface area contributed by atoms with Crippen LogP contribution in [0.5, 0.6) is 0 Å². The van der Waals surface area contributed by atoms with Crippen LogP contribution in [-0.4, -0.2) is 92.9 Å². The van der Waals surface area contributed by atoms with E-state index in [2.05, 4.69) is 27.0 Å². The zero-order valence-corrected chi connectivity index (χ0v) is 20.4. The molecule has 3 rings (SSSR count). The molecule has 32 heavy (non-hydrogen) atoms. The Morgan fingerprint density at radius 1 is 1.25 bits per heavy atom. The number of likely N-dealkylation sites (tertiary alicyclic amines) is 1. The average Bonchev–Trinajstić information content (AvgIpc) is 3.32. The maximum atomic E-state index is 13.9. The van der Waals surface area contributed by atoms with Crippen molar-refractivity contribution >= 4 is 29.5 Å². The number of hydrogen-bond donors (Lipinski definition) is 1. The van der Waals surface area contributed by atoms with Gasteiger partial charge in [-0.25, -0.2) is 0 Å². The molecule has 0 saturated carbocycles. The molecule has 0 aromatic carbocycles. The summed E-state index contributed by atoms with van der Waals surface area (Å²) in [5.74, 6) is -1.37. The van der Waals surface area contributed by atoms with Crippen molar-refractivity contribution in [1.29, 1.82) is 0 Å². The van der Waals surface area contributed by atoms with E-state index in [1.807, 2.05) is 0 Å². The summed E-state index contributed by atoms with van der Waals surface area (Å²) in [6, 6.07) is -0.668. The van der Waals surface area contributed by atoms with Crippen molar-refractivity contribution < 1.29 is 19.5 Å². The van der Waals surface area contributed by atoms with Crippen LogP contribution in [0.25, 0.3) is 0 Å². The van der Waals surface area contributed by atoms with Gasteiger partial charge >= 0.3 is 0 Å². The van der Waals surface area contributed by atoms with Gasteiger partial charge in [-0.3, -0.25) is 14.4 Å². The molecule has 0 radical (unpaired) electrons. The van der Waals surface area contributed by atoms with Gasteiger partial charge in [0.2, 0.25) is 17.7 Å². The van der Waals surface area contributed by atoms with E-state index in [1.54, 1.807) is 45.7 Å². The number of aliphatic hydroxyl groups excluding tert-OH is 1. The molecular weight excluding hydrogens is 426 g/mol. The highest BCUT2D eigenvalue weighted by Gasteiger charge is 2.77. The lowest BCUT2D eigenvalue weighted by Gasteiger charge is -2.37. The van der Waals surface area contributed by atoms with Crippen molar-refractivity contribution in [2.75, 3.05) is 39.8 Å². The molecule has 7 nitrogen and oxygen atoms in total. The van der Waals surface area contributed by atoms with E-state index in [0.717, 1.165) is 19.3 Å². The summed E-state index contributed by atoms with van der Waals surface area (Å²) in [5.41, 5.74) is 0. The van der Waals surface area contributed by atoms with Gasteiger partial charge in [0.1, 0.15) is 6.04 Å². The number of unbranched alkanes of at least 4 members (excludes halogenated alkanes) is 1. The number of β-amino-alcohol motifs (C(OH)–C–C–N with tert-alkyl or cyclic N) is 1. The second-order valence-electron chi connectivity index (χ2n) is 9.42. The third-order valence-corrected chi connectivity index (χ3v) is 9.33. The molecule has 3 heterocycles. The molecular formula is C24H37N3O4S. The molecule has 2 unspecified atom stereocenters.